The summed E-state index contributed by atoms with van der Waals surface area (Å²) in [7, 11) is 3.74. The van der Waals surface area contributed by atoms with E-state index in [2.05, 4.69) is 49.0 Å². The summed E-state index contributed by atoms with van der Waals surface area (Å²) in [5.74, 6) is 0.0703. The molecule has 9 nitrogen and oxygen atoms in total. The van der Waals surface area contributed by atoms with Gasteiger partial charge in [0, 0.05) is 61.4 Å². The van der Waals surface area contributed by atoms with E-state index in [1.165, 1.54) is 12.3 Å². The number of carbonyl (C=O) groups is 1. The Morgan fingerprint density at radius 3 is 2.68 bits per heavy atom. The SMILES string of the molecule is C=CC(=O)Nc1ccnc(-c2c(F)ccc3cnc(Nc4ccc(N5CCN(C)CC5)cc4OC)nc23)c1. The lowest BCUT2D eigenvalue weighted by Crippen LogP contribution is -2.44. The first-order valence-corrected chi connectivity index (χ1v) is 12.2. The van der Waals surface area contributed by atoms with Crippen LogP contribution in [0.25, 0.3) is 22.2 Å². The Bertz CT molecular complexity index is 1500. The van der Waals surface area contributed by atoms with Crippen LogP contribution in [0.4, 0.5) is 27.4 Å². The van der Waals surface area contributed by atoms with Crippen molar-refractivity contribution in [1.29, 1.82) is 0 Å². The molecule has 0 unspecified atom stereocenters. The molecule has 0 saturated carbocycles. The number of hydrogen-bond donors (Lipinski definition) is 2. The second-order valence-corrected chi connectivity index (χ2v) is 8.98. The average molecular weight is 514 g/mol. The summed E-state index contributed by atoms with van der Waals surface area (Å²) < 4.78 is 20.8. The second-order valence-electron chi connectivity index (χ2n) is 8.98. The largest absolute Gasteiger partial charge is 0.494 e. The molecule has 2 aromatic carbocycles. The Kier molecular flexibility index (Phi) is 7.14. The van der Waals surface area contributed by atoms with Gasteiger partial charge in [0.2, 0.25) is 11.9 Å². The first-order valence-electron chi connectivity index (χ1n) is 12.2. The van der Waals surface area contributed by atoms with Crippen LogP contribution in [-0.4, -0.2) is 66.1 Å². The Hall–Kier alpha value is -4.57. The van der Waals surface area contributed by atoms with E-state index >= 15 is 4.39 Å². The molecule has 0 spiro atoms. The van der Waals surface area contributed by atoms with E-state index in [0.29, 0.717) is 33.7 Å². The number of anilines is 4. The maximum Gasteiger partial charge on any atom is 0.247 e. The standard InChI is InChI=1S/C28H28FN7O2/c1-4-25(37)32-19-9-10-30-23(15-19)26-21(29)7-5-18-17-31-28(34-27(18)26)33-22-8-6-20(16-24(22)38-3)36-13-11-35(2)12-14-36/h4-10,15-17H,1,11-14H2,2-3H3,(H,30,32,37)(H,31,33,34). The van der Waals surface area contributed by atoms with E-state index in [-0.39, 0.29) is 17.4 Å². The third-order valence-corrected chi connectivity index (χ3v) is 6.47. The zero-order chi connectivity index (χ0) is 26.6. The van der Waals surface area contributed by atoms with Crippen molar-refractivity contribution >= 4 is 39.8 Å². The van der Waals surface area contributed by atoms with Crippen LogP contribution >= 0.6 is 0 Å². The lowest BCUT2D eigenvalue weighted by Gasteiger charge is -2.34. The van der Waals surface area contributed by atoms with Gasteiger partial charge in [-0.3, -0.25) is 9.78 Å². The first-order chi connectivity index (χ1) is 18.4. The molecule has 0 radical (unpaired) electrons. The number of pyridine rings is 1. The molecule has 2 aromatic heterocycles. The van der Waals surface area contributed by atoms with Gasteiger partial charge in [-0.05, 0) is 49.5 Å². The molecule has 5 rings (SSSR count). The number of hydrogen-bond acceptors (Lipinski definition) is 8. The van der Waals surface area contributed by atoms with Crippen LogP contribution in [0.5, 0.6) is 5.75 Å². The molecule has 2 N–H and O–H groups in total. The number of methoxy groups -OCH3 is 1. The van der Waals surface area contributed by atoms with E-state index in [1.54, 1.807) is 31.5 Å². The Morgan fingerprint density at radius 1 is 1.11 bits per heavy atom. The van der Waals surface area contributed by atoms with Crippen molar-refractivity contribution in [1.82, 2.24) is 19.9 Å². The van der Waals surface area contributed by atoms with Crippen LogP contribution in [0, 0.1) is 5.82 Å². The maximum absolute atomic E-state index is 15.1. The van der Waals surface area contributed by atoms with Gasteiger partial charge in [0.25, 0.3) is 0 Å². The lowest BCUT2D eigenvalue weighted by molar-refractivity contribution is -0.111. The van der Waals surface area contributed by atoms with Crippen molar-refractivity contribution in [2.24, 2.45) is 0 Å². The van der Waals surface area contributed by atoms with Gasteiger partial charge in [0.05, 0.1) is 29.6 Å². The lowest BCUT2D eigenvalue weighted by atomic mass is 10.1. The zero-order valence-corrected chi connectivity index (χ0v) is 21.2. The van der Waals surface area contributed by atoms with Gasteiger partial charge in [0.1, 0.15) is 11.6 Å². The maximum atomic E-state index is 15.1. The van der Waals surface area contributed by atoms with E-state index in [1.807, 2.05) is 18.2 Å². The van der Waals surface area contributed by atoms with Crippen molar-refractivity contribution in [3.63, 3.8) is 0 Å². The van der Waals surface area contributed by atoms with Gasteiger partial charge in [0.15, 0.2) is 0 Å². The Balaban J connectivity index is 1.48. The van der Waals surface area contributed by atoms with E-state index in [4.69, 9.17) is 4.74 Å². The predicted molar refractivity (Wildman–Crippen MR) is 148 cm³/mol. The number of nitrogens with one attached hydrogen (secondary N) is 2. The number of rotatable bonds is 7. The molecule has 1 amide bonds. The molecule has 38 heavy (non-hydrogen) atoms. The second kappa shape index (κ2) is 10.8. The summed E-state index contributed by atoms with van der Waals surface area (Å²) in [5, 5.41) is 6.53. The number of halogens is 1. The normalized spacial score (nSPS) is 13.8. The van der Waals surface area contributed by atoms with Crippen LogP contribution < -0.4 is 20.3 Å². The molecule has 3 heterocycles. The average Bonchev–Trinajstić information content (AvgIpc) is 2.93. The Morgan fingerprint density at radius 2 is 1.92 bits per heavy atom. The van der Waals surface area contributed by atoms with E-state index < -0.39 is 5.82 Å². The monoisotopic (exact) mass is 513 g/mol. The van der Waals surface area contributed by atoms with Gasteiger partial charge in [-0.1, -0.05) is 6.58 Å². The van der Waals surface area contributed by atoms with Crippen molar-refractivity contribution in [3.8, 4) is 17.0 Å². The van der Waals surface area contributed by atoms with Crippen LogP contribution in [0.3, 0.4) is 0 Å². The highest BCUT2D eigenvalue weighted by molar-refractivity contribution is 6.00. The van der Waals surface area contributed by atoms with Gasteiger partial charge < -0.3 is 25.2 Å². The molecular formula is C28H28FN7O2. The molecule has 0 aliphatic carbocycles. The number of likely N-dealkylation sites (N-methyl/N-ethyl adjacent to an activating group) is 1. The zero-order valence-electron chi connectivity index (χ0n) is 21.2. The topological polar surface area (TPSA) is 95.5 Å². The number of nitrogens with zero attached hydrogens (tertiary/aromatic N) is 5. The third kappa shape index (κ3) is 5.25. The minimum Gasteiger partial charge on any atom is -0.494 e. The van der Waals surface area contributed by atoms with Crippen molar-refractivity contribution in [2.45, 2.75) is 0 Å². The smallest absolute Gasteiger partial charge is 0.247 e. The number of ether oxygens (including phenoxy) is 1. The summed E-state index contributed by atoms with van der Waals surface area (Å²) in [6.07, 6.45) is 4.29. The quantitative estimate of drug-likeness (QED) is 0.350. The minimum absolute atomic E-state index is 0.208. The minimum atomic E-state index is -0.490. The fourth-order valence-electron chi connectivity index (χ4n) is 4.38. The predicted octanol–water partition coefficient (Wildman–Crippen LogP) is 4.46. The molecule has 1 aliphatic rings. The molecule has 4 aromatic rings. The van der Waals surface area contributed by atoms with Crippen molar-refractivity contribution in [2.75, 3.05) is 55.9 Å². The third-order valence-electron chi connectivity index (χ3n) is 6.47. The first kappa shape index (κ1) is 25.1. The van der Waals surface area contributed by atoms with Gasteiger partial charge in [-0.15, -0.1) is 0 Å². The molecule has 1 fully saturated rings. The fraction of sp³-hybridized carbons (Fsp3) is 0.214. The molecule has 1 saturated heterocycles. The number of piperazine rings is 1. The summed E-state index contributed by atoms with van der Waals surface area (Å²) in [6, 6.07) is 12.1. The molecule has 194 valence electrons. The number of fused-ring (bicyclic) bond motifs is 1. The van der Waals surface area contributed by atoms with Crippen molar-refractivity contribution < 1.29 is 13.9 Å². The van der Waals surface area contributed by atoms with Gasteiger partial charge in [-0.25, -0.2) is 14.4 Å². The molecule has 10 heteroatoms. The highest BCUT2D eigenvalue weighted by Crippen LogP contribution is 2.34. The molecule has 0 bridgehead atoms. The highest BCUT2D eigenvalue weighted by Gasteiger charge is 2.18. The number of aromatic nitrogens is 3. The molecule has 0 atom stereocenters. The number of amides is 1. The Labute approximate surface area is 220 Å². The summed E-state index contributed by atoms with van der Waals surface area (Å²) in [4.78, 5) is 29.8. The van der Waals surface area contributed by atoms with Crippen molar-refractivity contribution in [3.05, 3.63) is 73.3 Å². The van der Waals surface area contributed by atoms with Gasteiger partial charge in [-0.2, -0.15) is 0 Å². The summed E-state index contributed by atoms with van der Waals surface area (Å²) in [5.41, 5.74) is 3.16. The molecular weight excluding hydrogens is 485 g/mol. The van der Waals surface area contributed by atoms with Crippen LogP contribution in [0.2, 0.25) is 0 Å². The summed E-state index contributed by atoms with van der Waals surface area (Å²) in [6.45, 7) is 7.36. The van der Waals surface area contributed by atoms with Crippen LogP contribution in [0.15, 0.2) is 67.5 Å². The number of benzene rings is 2. The van der Waals surface area contributed by atoms with E-state index in [0.717, 1.165) is 37.9 Å². The fourth-order valence-corrected chi connectivity index (χ4v) is 4.38. The highest BCUT2D eigenvalue weighted by atomic mass is 19.1. The van der Waals surface area contributed by atoms with Crippen LogP contribution in [-0.2, 0) is 4.79 Å². The van der Waals surface area contributed by atoms with Gasteiger partial charge >= 0.3 is 0 Å². The van der Waals surface area contributed by atoms with E-state index in [9.17, 15) is 4.79 Å². The summed E-state index contributed by atoms with van der Waals surface area (Å²) >= 11 is 0. The molecule has 1 aliphatic heterocycles. The number of carbonyl (C=O) groups excluding carboxylic acids is 1. The van der Waals surface area contributed by atoms with Crippen LogP contribution in [0.1, 0.15) is 0 Å².